The fraction of sp³-hybridized carbons (Fsp3) is 0.500. The number of hydrogen-bond donors (Lipinski definition) is 1. The van der Waals surface area contributed by atoms with Crippen molar-refractivity contribution in [1.29, 1.82) is 0 Å². The van der Waals surface area contributed by atoms with E-state index in [9.17, 15) is 9.18 Å². The average Bonchev–Trinajstić information content (AvgIpc) is 2.30. The molecule has 0 fully saturated rings. The Kier molecular flexibility index (Phi) is 5.28. The molecule has 0 bridgehead atoms. The zero-order chi connectivity index (χ0) is 13.7. The summed E-state index contributed by atoms with van der Waals surface area (Å²) < 4.78 is 13.1. The van der Waals surface area contributed by atoms with Crippen molar-refractivity contribution in [3.63, 3.8) is 0 Å². The molecule has 0 spiro atoms. The number of nitrogens with zero attached hydrogens (tertiary/aromatic N) is 1. The number of rotatable bonds is 6. The Morgan fingerprint density at radius 3 is 2.72 bits per heavy atom. The second kappa shape index (κ2) is 6.50. The number of likely N-dealkylation sites (N-methyl/N-ethyl adjacent to an activating group) is 1. The first-order valence-corrected chi connectivity index (χ1v) is 6.06. The molecule has 3 nitrogen and oxygen atoms in total. The number of carbonyl (C=O) groups is 1. The molecular weight excluding hydrogens is 233 g/mol. The van der Waals surface area contributed by atoms with Crippen molar-refractivity contribution in [2.75, 3.05) is 20.1 Å². The molecule has 0 aliphatic heterocycles. The molecule has 4 heteroatoms. The lowest BCUT2D eigenvalue weighted by Crippen LogP contribution is -2.30. The minimum absolute atomic E-state index is 0.188. The van der Waals surface area contributed by atoms with Gasteiger partial charge in [0, 0.05) is 13.1 Å². The summed E-state index contributed by atoms with van der Waals surface area (Å²) in [5.74, 6) is -1.34. The molecule has 0 radical (unpaired) electrons. The van der Waals surface area contributed by atoms with Gasteiger partial charge >= 0.3 is 5.97 Å². The molecule has 1 aromatic carbocycles. The van der Waals surface area contributed by atoms with E-state index in [1.54, 1.807) is 19.9 Å². The van der Waals surface area contributed by atoms with E-state index >= 15 is 0 Å². The smallest absolute Gasteiger partial charge is 0.307 e. The van der Waals surface area contributed by atoms with E-state index in [2.05, 4.69) is 0 Å². The largest absolute Gasteiger partial charge is 0.481 e. The molecule has 0 aromatic heterocycles. The predicted octanol–water partition coefficient (Wildman–Crippen LogP) is 2.33. The van der Waals surface area contributed by atoms with Crippen LogP contribution in [0, 0.1) is 18.7 Å². The number of carboxylic acid groups (broad SMARTS) is 1. The molecule has 0 saturated heterocycles. The van der Waals surface area contributed by atoms with Crippen LogP contribution in [0.25, 0.3) is 0 Å². The molecule has 1 N–H and O–H groups in total. The van der Waals surface area contributed by atoms with Crippen molar-refractivity contribution in [2.24, 2.45) is 5.92 Å². The maximum Gasteiger partial charge on any atom is 0.307 e. The first-order valence-electron chi connectivity index (χ1n) is 6.06. The Bertz CT molecular complexity index is 420. The quantitative estimate of drug-likeness (QED) is 0.846. The van der Waals surface area contributed by atoms with Crippen LogP contribution in [0.5, 0.6) is 0 Å². The monoisotopic (exact) mass is 253 g/mol. The maximum atomic E-state index is 13.1. The fourth-order valence-corrected chi connectivity index (χ4v) is 1.82. The topological polar surface area (TPSA) is 40.5 Å². The Labute approximate surface area is 107 Å². The van der Waals surface area contributed by atoms with Crippen LogP contribution in [0.2, 0.25) is 0 Å². The highest BCUT2D eigenvalue weighted by molar-refractivity contribution is 5.69. The number of aryl methyl sites for hydroxylation is 1. The molecule has 1 unspecified atom stereocenters. The Hall–Kier alpha value is -1.42. The molecule has 0 amide bonds. The Balaban J connectivity index is 2.44. The zero-order valence-corrected chi connectivity index (χ0v) is 11.1. The first-order chi connectivity index (χ1) is 8.40. The molecule has 100 valence electrons. The molecule has 0 heterocycles. The summed E-state index contributed by atoms with van der Waals surface area (Å²) in [6.45, 7) is 4.73. The third kappa shape index (κ3) is 4.45. The highest BCUT2D eigenvalue weighted by atomic mass is 19.1. The van der Waals surface area contributed by atoms with Crippen LogP contribution in [-0.2, 0) is 11.2 Å². The zero-order valence-electron chi connectivity index (χ0n) is 11.1. The van der Waals surface area contributed by atoms with Gasteiger partial charge in [-0.1, -0.05) is 19.1 Å². The van der Waals surface area contributed by atoms with Crippen LogP contribution in [0.4, 0.5) is 4.39 Å². The first kappa shape index (κ1) is 14.6. The third-order valence-electron chi connectivity index (χ3n) is 3.01. The van der Waals surface area contributed by atoms with Crippen LogP contribution < -0.4 is 0 Å². The van der Waals surface area contributed by atoms with E-state index in [1.807, 2.05) is 18.0 Å². The standard InChI is InChI=1S/C14H20FNO2/c1-10-8-12(4-5-13(10)15)6-7-16(3)9-11(2)14(17)18/h4-5,8,11H,6-7,9H2,1-3H3,(H,17,18). The summed E-state index contributed by atoms with van der Waals surface area (Å²) in [6, 6.07) is 5.09. The number of aliphatic carboxylic acids is 1. The van der Waals surface area contributed by atoms with Crippen molar-refractivity contribution in [3.8, 4) is 0 Å². The van der Waals surface area contributed by atoms with Gasteiger partial charge in [-0.15, -0.1) is 0 Å². The number of hydrogen-bond acceptors (Lipinski definition) is 2. The lowest BCUT2D eigenvalue weighted by atomic mass is 10.1. The lowest BCUT2D eigenvalue weighted by Gasteiger charge is -2.19. The summed E-state index contributed by atoms with van der Waals surface area (Å²) >= 11 is 0. The van der Waals surface area contributed by atoms with Gasteiger partial charge in [-0.3, -0.25) is 4.79 Å². The molecule has 18 heavy (non-hydrogen) atoms. The Morgan fingerprint density at radius 2 is 2.17 bits per heavy atom. The summed E-state index contributed by atoms with van der Waals surface area (Å²) in [5, 5.41) is 8.81. The van der Waals surface area contributed by atoms with Gasteiger partial charge in [0.05, 0.1) is 5.92 Å². The number of benzene rings is 1. The molecule has 1 rings (SSSR count). The molecule has 0 aliphatic rings. The average molecular weight is 253 g/mol. The van der Waals surface area contributed by atoms with Crippen LogP contribution in [0.1, 0.15) is 18.1 Å². The Morgan fingerprint density at radius 1 is 1.50 bits per heavy atom. The summed E-state index contributed by atoms with van der Waals surface area (Å²) in [6.07, 6.45) is 0.796. The van der Waals surface area contributed by atoms with Crippen LogP contribution in [-0.4, -0.2) is 36.1 Å². The van der Waals surface area contributed by atoms with Gasteiger partial charge in [0.2, 0.25) is 0 Å². The summed E-state index contributed by atoms with van der Waals surface area (Å²) in [7, 11) is 1.90. The molecule has 1 aromatic rings. The molecule has 1 atom stereocenters. The predicted molar refractivity (Wildman–Crippen MR) is 69.1 cm³/mol. The molecular formula is C14H20FNO2. The van der Waals surface area contributed by atoms with Crippen molar-refractivity contribution in [1.82, 2.24) is 4.90 Å². The third-order valence-corrected chi connectivity index (χ3v) is 3.01. The van der Waals surface area contributed by atoms with Crippen molar-refractivity contribution in [3.05, 3.63) is 35.1 Å². The van der Waals surface area contributed by atoms with Crippen molar-refractivity contribution in [2.45, 2.75) is 20.3 Å². The van der Waals surface area contributed by atoms with Crippen LogP contribution in [0.15, 0.2) is 18.2 Å². The van der Waals surface area contributed by atoms with Gasteiger partial charge in [-0.05, 0) is 37.6 Å². The minimum Gasteiger partial charge on any atom is -0.481 e. The number of halogens is 1. The van der Waals surface area contributed by atoms with Gasteiger partial charge < -0.3 is 10.0 Å². The van der Waals surface area contributed by atoms with E-state index in [4.69, 9.17) is 5.11 Å². The highest BCUT2D eigenvalue weighted by Gasteiger charge is 2.13. The van der Waals surface area contributed by atoms with Crippen molar-refractivity contribution >= 4 is 5.97 Å². The summed E-state index contributed by atoms with van der Waals surface area (Å²) in [5.41, 5.74) is 1.72. The molecule has 0 aliphatic carbocycles. The van der Waals surface area contributed by atoms with E-state index in [0.717, 1.165) is 18.5 Å². The second-order valence-electron chi connectivity index (χ2n) is 4.84. The van der Waals surface area contributed by atoms with E-state index < -0.39 is 5.97 Å². The minimum atomic E-state index is -0.778. The van der Waals surface area contributed by atoms with Crippen LogP contribution in [0.3, 0.4) is 0 Å². The van der Waals surface area contributed by atoms with E-state index in [-0.39, 0.29) is 11.7 Å². The van der Waals surface area contributed by atoms with Gasteiger partial charge in [0.1, 0.15) is 5.82 Å². The normalized spacial score (nSPS) is 12.7. The van der Waals surface area contributed by atoms with E-state index in [1.165, 1.54) is 6.07 Å². The van der Waals surface area contributed by atoms with Gasteiger partial charge in [0.15, 0.2) is 0 Å². The second-order valence-corrected chi connectivity index (χ2v) is 4.84. The van der Waals surface area contributed by atoms with Gasteiger partial charge in [-0.2, -0.15) is 0 Å². The number of carboxylic acids is 1. The van der Waals surface area contributed by atoms with E-state index in [0.29, 0.717) is 12.1 Å². The highest BCUT2D eigenvalue weighted by Crippen LogP contribution is 2.10. The van der Waals surface area contributed by atoms with Gasteiger partial charge in [-0.25, -0.2) is 4.39 Å². The molecule has 0 saturated carbocycles. The summed E-state index contributed by atoms with van der Waals surface area (Å²) in [4.78, 5) is 12.7. The van der Waals surface area contributed by atoms with Crippen molar-refractivity contribution < 1.29 is 14.3 Å². The fourth-order valence-electron chi connectivity index (χ4n) is 1.82. The van der Waals surface area contributed by atoms with Gasteiger partial charge in [0.25, 0.3) is 0 Å². The maximum absolute atomic E-state index is 13.1. The van der Waals surface area contributed by atoms with Crippen LogP contribution >= 0.6 is 0 Å². The lowest BCUT2D eigenvalue weighted by molar-refractivity contribution is -0.141. The SMILES string of the molecule is Cc1cc(CCN(C)CC(C)C(=O)O)ccc1F.